The molecule has 0 radical (unpaired) electrons. The van der Waals surface area contributed by atoms with Crippen LogP contribution in [0.25, 0.3) is 0 Å². The molecule has 0 bridgehead atoms. The molecule has 0 amide bonds. The van der Waals surface area contributed by atoms with Crippen LogP contribution in [0, 0.1) is 0 Å². The number of halogens is 1. The van der Waals surface area contributed by atoms with Crippen molar-refractivity contribution in [2.24, 2.45) is 0 Å². The molecule has 2 unspecified atom stereocenters. The second-order valence-electron chi connectivity index (χ2n) is 6.93. The van der Waals surface area contributed by atoms with E-state index in [0.717, 1.165) is 11.1 Å². The predicted molar refractivity (Wildman–Crippen MR) is 98.7 cm³/mol. The quantitative estimate of drug-likeness (QED) is 0.693. The smallest absolute Gasteiger partial charge is 0.152 e. The van der Waals surface area contributed by atoms with Gasteiger partial charge in [-0.25, -0.2) is 4.39 Å². The molecule has 2 rings (SSSR count). The minimum Gasteiger partial charge on any atom is -0.368 e. The summed E-state index contributed by atoms with van der Waals surface area (Å²) in [4.78, 5) is 2.07. The number of hydrogen-bond acceptors (Lipinski definition) is 3. The van der Waals surface area contributed by atoms with Gasteiger partial charge in [0.05, 0.1) is 5.60 Å². The maximum atomic E-state index is 14.9. The molecule has 0 spiro atoms. The molecule has 0 saturated heterocycles. The van der Waals surface area contributed by atoms with Crippen molar-refractivity contribution >= 4 is 0 Å². The van der Waals surface area contributed by atoms with E-state index in [2.05, 4.69) is 4.90 Å². The number of aliphatic hydroxyl groups excluding tert-OH is 1. The third-order valence-corrected chi connectivity index (χ3v) is 4.15. The Morgan fingerprint density at radius 2 is 1.40 bits per heavy atom. The van der Waals surface area contributed by atoms with E-state index in [0.29, 0.717) is 13.1 Å². The Bertz CT molecular complexity index is 575. The Labute approximate surface area is 150 Å². The van der Waals surface area contributed by atoms with Crippen LogP contribution in [0.2, 0.25) is 0 Å². The molecule has 0 aliphatic heterocycles. The average Bonchev–Trinajstić information content (AvgIpc) is 2.55. The summed E-state index contributed by atoms with van der Waals surface area (Å²) < 4.78 is 20.3. The Balaban J connectivity index is 2.10. The zero-order chi connectivity index (χ0) is 18.3. The largest absolute Gasteiger partial charge is 0.368 e. The van der Waals surface area contributed by atoms with Gasteiger partial charge in [0.25, 0.3) is 0 Å². The van der Waals surface area contributed by atoms with Gasteiger partial charge in [-0.05, 0) is 31.9 Å². The molecule has 136 valence electrons. The summed E-state index contributed by atoms with van der Waals surface area (Å²) in [7, 11) is 0. The fourth-order valence-corrected chi connectivity index (χ4v) is 2.83. The van der Waals surface area contributed by atoms with Crippen molar-refractivity contribution in [1.29, 1.82) is 0 Å². The van der Waals surface area contributed by atoms with Crippen molar-refractivity contribution < 1.29 is 14.2 Å². The van der Waals surface area contributed by atoms with Crippen molar-refractivity contribution in [1.82, 2.24) is 4.90 Å². The Morgan fingerprint density at radius 3 is 1.80 bits per heavy atom. The Kier molecular flexibility index (Phi) is 7.12. The predicted octanol–water partition coefficient (Wildman–Crippen LogP) is 4.16. The molecule has 2 aromatic carbocycles. The lowest BCUT2D eigenvalue weighted by molar-refractivity contribution is -0.188. The molecular formula is C21H28FNO2. The number of nitrogens with zero attached hydrogens (tertiary/aromatic N) is 1. The number of ether oxygens (including phenoxy) is 1. The first kappa shape index (κ1) is 19.6. The molecule has 0 aliphatic carbocycles. The molecule has 25 heavy (non-hydrogen) atoms. The van der Waals surface area contributed by atoms with E-state index in [9.17, 15) is 9.50 Å². The van der Waals surface area contributed by atoms with Crippen LogP contribution in [0.4, 0.5) is 4.39 Å². The maximum Gasteiger partial charge on any atom is 0.152 e. The van der Waals surface area contributed by atoms with Crippen LogP contribution in [0.3, 0.4) is 0 Å². The second-order valence-corrected chi connectivity index (χ2v) is 6.93. The van der Waals surface area contributed by atoms with Crippen molar-refractivity contribution in [3.05, 3.63) is 71.8 Å². The number of alkyl halides is 1. The standard InChI is InChI=1S/C21H28FNO2/c1-17(24)25-21(2,3)20(22)16-23(14-18-10-6-4-7-11-18)15-19-12-8-5-9-13-19/h4-13,17,20,24H,14-16H2,1-3H3. The minimum absolute atomic E-state index is 0.226. The normalized spacial score (nSPS) is 14.5. The molecule has 3 nitrogen and oxygen atoms in total. The highest BCUT2D eigenvalue weighted by Gasteiger charge is 2.33. The topological polar surface area (TPSA) is 32.7 Å². The molecule has 0 aromatic heterocycles. The van der Waals surface area contributed by atoms with E-state index >= 15 is 0 Å². The monoisotopic (exact) mass is 345 g/mol. The highest BCUT2D eigenvalue weighted by Crippen LogP contribution is 2.22. The summed E-state index contributed by atoms with van der Waals surface area (Å²) in [5.41, 5.74) is 1.22. The second kappa shape index (κ2) is 9.09. The lowest BCUT2D eigenvalue weighted by Gasteiger charge is -2.34. The van der Waals surface area contributed by atoms with Crippen molar-refractivity contribution in [2.75, 3.05) is 6.54 Å². The van der Waals surface area contributed by atoms with Gasteiger partial charge < -0.3 is 9.84 Å². The Hall–Kier alpha value is -1.75. The third kappa shape index (κ3) is 6.58. The van der Waals surface area contributed by atoms with E-state index in [1.165, 1.54) is 6.92 Å². The number of benzene rings is 2. The number of rotatable bonds is 9. The van der Waals surface area contributed by atoms with Crippen LogP contribution in [-0.4, -0.2) is 34.6 Å². The molecule has 4 heteroatoms. The molecule has 0 fully saturated rings. The first-order chi connectivity index (χ1) is 11.9. The first-order valence-electron chi connectivity index (χ1n) is 8.67. The SMILES string of the molecule is CC(O)OC(C)(C)C(F)CN(Cc1ccccc1)Cc1ccccc1. The summed E-state index contributed by atoms with van der Waals surface area (Å²) in [6, 6.07) is 20.1. The van der Waals surface area contributed by atoms with Gasteiger partial charge in [0.1, 0.15) is 6.17 Å². The minimum atomic E-state index is -1.23. The number of aliphatic hydroxyl groups is 1. The van der Waals surface area contributed by atoms with Gasteiger partial charge in [-0.2, -0.15) is 0 Å². The molecule has 0 aliphatic rings. The summed E-state index contributed by atoms with van der Waals surface area (Å²) in [5, 5.41) is 9.44. The van der Waals surface area contributed by atoms with Gasteiger partial charge in [0, 0.05) is 19.6 Å². The lowest BCUT2D eigenvalue weighted by Crippen LogP contribution is -2.45. The van der Waals surface area contributed by atoms with Crippen LogP contribution < -0.4 is 0 Å². The number of hydrogen-bond donors (Lipinski definition) is 1. The fraction of sp³-hybridized carbons (Fsp3) is 0.429. The molecule has 0 heterocycles. The van der Waals surface area contributed by atoms with Crippen LogP contribution in [0.5, 0.6) is 0 Å². The van der Waals surface area contributed by atoms with Gasteiger partial charge >= 0.3 is 0 Å². The van der Waals surface area contributed by atoms with Crippen LogP contribution in [0.15, 0.2) is 60.7 Å². The van der Waals surface area contributed by atoms with Crippen LogP contribution in [-0.2, 0) is 17.8 Å². The van der Waals surface area contributed by atoms with E-state index in [1.807, 2.05) is 60.7 Å². The first-order valence-corrected chi connectivity index (χ1v) is 8.67. The van der Waals surface area contributed by atoms with Crippen LogP contribution >= 0.6 is 0 Å². The molecular weight excluding hydrogens is 317 g/mol. The van der Waals surface area contributed by atoms with Crippen molar-refractivity contribution in [3.8, 4) is 0 Å². The molecule has 0 saturated carbocycles. The highest BCUT2D eigenvalue weighted by atomic mass is 19.1. The van der Waals surface area contributed by atoms with Gasteiger partial charge in [0.15, 0.2) is 6.29 Å². The third-order valence-electron chi connectivity index (χ3n) is 4.15. The zero-order valence-electron chi connectivity index (χ0n) is 15.2. The fourth-order valence-electron chi connectivity index (χ4n) is 2.83. The van der Waals surface area contributed by atoms with E-state index < -0.39 is 18.1 Å². The summed E-state index contributed by atoms with van der Waals surface area (Å²) in [6.07, 6.45) is -2.22. The molecule has 2 atom stereocenters. The van der Waals surface area contributed by atoms with Crippen LogP contribution in [0.1, 0.15) is 31.9 Å². The van der Waals surface area contributed by atoms with Crippen molar-refractivity contribution in [2.45, 2.75) is 51.9 Å². The summed E-state index contributed by atoms with van der Waals surface area (Å²) in [6.45, 7) is 6.38. The highest BCUT2D eigenvalue weighted by molar-refractivity contribution is 5.17. The summed E-state index contributed by atoms with van der Waals surface area (Å²) in [5.74, 6) is 0. The van der Waals surface area contributed by atoms with Gasteiger partial charge in [-0.15, -0.1) is 0 Å². The molecule has 1 N–H and O–H groups in total. The van der Waals surface area contributed by atoms with Gasteiger partial charge in [0.2, 0.25) is 0 Å². The Morgan fingerprint density at radius 1 is 0.960 bits per heavy atom. The molecule has 2 aromatic rings. The van der Waals surface area contributed by atoms with Gasteiger partial charge in [-0.3, -0.25) is 4.90 Å². The van der Waals surface area contributed by atoms with E-state index in [-0.39, 0.29) is 6.54 Å². The average molecular weight is 345 g/mol. The summed E-state index contributed by atoms with van der Waals surface area (Å²) >= 11 is 0. The lowest BCUT2D eigenvalue weighted by atomic mass is 10.0. The van der Waals surface area contributed by atoms with E-state index in [4.69, 9.17) is 4.74 Å². The maximum absolute atomic E-state index is 14.9. The van der Waals surface area contributed by atoms with E-state index in [1.54, 1.807) is 13.8 Å². The van der Waals surface area contributed by atoms with Crippen molar-refractivity contribution in [3.63, 3.8) is 0 Å². The zero-order valence-corrected chi connectivity index (χ0v) is 15.2. The van der Waals surface area contributed by atoms with Gasteiger partial charge in [-0.1, -0.05) is 60.7 Å².